The molecule has 1 rings (SSSR count). The Kier molecular flexibility index (Phi) is 6.42. The Balaban J connectivity index is 2.30. The van der Waals surface area contributed by atoms with E-state index in [4.69, 9.17) is 5.73 Å². The van der Waals surface area contributed by atoms with Crippen molar-refractivity contribution in [2.45, 2.75) is 32.6 Å². The van der Waals surface area contributed by atoms with Gasteiger partial charge in [-0.1, -0.05) is 6.92 Å². The highest BCUT2D eigenvalue weighted by Crippen LogP contribution is 2.08. The smallest absolute Gasteiger partial charge is 0.236 e. The Morgan fingerprint density at radius 3 is 2.56 bits per heavy atom. The first kappa shape index (κ1) is 13.5. The van der Waals surface area contributed by atoms with Crippen LogP contribution in [0.1, 0.15) is 32.6 Å². The molecule has 1 saturated heterocycles. The minimum absolute atomic E-state index is 0.294. The number of carbonyl (C=O) groups is 1. The molecule has 94 valence electrons. The summed E-state index contributed by atoms with van der Waals surface area (Å²) in [5.41, 5.74) is 5.50. The van der Waals surface area contributed by atoms with Gasteiger partial charge < -0.3 is 10.6 Å². The summed E-state index contributed by atoms with van der Waals surface area (Å²) >= 11 is 0. The van der Waals surface area contributed by atoms with E-state index in [-0.39, 0.29) is 0 Å². The molecule has 0 aliphatic carbocycles. The SMILES string of the molecule is CCCN(CCCN)CC(=O)N1CCCC1. The maximum atomic E-state index is 11.9. The molecule has 0 aromatic rings. The monoisotopic (exact) mass is 227 g/mol. The summed E-state index contributed by atoms with van der Waals surface area (Å²) < 4.78 is 0. The molecule has 0 atom stereocenters. The normalized spacial score (nSPS) is 16.1. The maximum absolute atomic E-state index is 11.9. The molecule has 1 aliphatic heterocycles. The number of nitrogens with two attached hydrogens (primary N) is 1. The van der Waals surface area contributed by atoms with Crippen molar-refractivity contribution < 1.29 is 4.79 Å². The zero-order chi connectivity index (χ0) is 11.8. The van der Waals surface area contributed by atoms with E-state index in [9.17, 15) is 4.79 Å². The molecule has 0 aromatic heterocycles. The highest BCUT2D eigenvalue weighted by Gasteiger charge is 2.19. The van der Waals surface area contributed by atoms with Gasteiger partial charge in [-0.05, 0) is 45.3 Å². The summed E-state index contributed by atoms with van der Waals surface area (Å²) in [5, 5.41) is 0. The molecular formula is C12H25N3O. The number of likely N-dealkylation sites (tertiary alicyclic amines) is 1. The van der Waals surface area contributed by atoms with Gasteiger partial charge in [0.1, 0.15) is 0 Å². The predicted octanol–water partition coefficient (Wildman–Crippen LogP) is 0.670. The lowest BCUT2D eigenvalue weighted by Gasteiger charge is -2.24. The van der Waals surface area contributed by atoms with Gasteiger partial charge in [0, 0.05) is 13.1 Å². The second-order valence-electron chi connectivity index (χ2n) is 4.51. The maximum Gasteiger partial charge on any atom is 0.236 e. The lowest BCUT2D eigenvalue weighted by molar-refractivity contribution is -0.131. The fourth-order valence-corrected chi connectivity index (χ4v) is 2.16. The first-order valence-corrected chi connectivity index (χ1v) is 6.48. The highest BCUT2D eigenvalue weighted by molar-refractivity contribution is 5.78. The van der Waals surface area contributed by atoms with E-state index >= 15 is 0 Å². The van der Waals surface area contributed by atoms with Gasteiger partial charge in [-0.15, -0.1) is 0 Å². The van der Waals surface area contributed by atoms with Gasteiger partial charge in [0.25, 0.3) is 0 Å². The number of hydrogen-bond acceptors (Lipinski definition) is 3. The van der Waals surface area contributed by atoms with Crippen LogP contribution in [0, 0.1) is 0 Å². The molecule has 0 aromatic carbocycles. The van der Waals surface area contributed by atoms with Crippen LogP contribution in [-0.4, -0.2) is 55.0 Å². The minimum atomic E-state index is 0.294. The third kappa shape index (κ3) is 4.49. The molecule has 0 unspecified atom stereocenters. The molecule has 1 heterocycles. The van der Waals surface area contributed by atoms with E-state index in [1.807, 2.05) is 4.90 Å². The molecule has 0 saturated carbocycles. The molecule has 0 spiro atoms. The Bertz CT molecular complexity index is 202. The van der Waals surface area contributed by atoms with Gasteiger partial charge in [0.05, 0.1) is 6.54 Å². The summed E-state index contributed by atoms with van der Waals surface area (Å²) in [6, 6.07) is 0. The van der Waals surface area contributed by atoms with E-state index in [2.05, 4.69) is 11.8 Å². The molecule has 1 fully saturated rings. The zero-order valence-electron chi connectivity index (χ0n) is 10.5. The van der Waals surface area contributed by atoms with Crippen LogP contribution < -0.4 is 5.73 Å². The van der Waals surface area contributed by atoms with Crippen LogP contribution in [0.3, 0.4) is 0 Å². The van der Waals surface area contributed by atoms with E-state index in [0.717, 1.165) is 39.0 Å². The lowest BCUT2D eigenvalue weighted by atomic mass is 10.3. The molecule has 0 radical (unpaired) electrons. The van der Waals surface area contributed by atoms with Crippen molar-refractivity contribution in [1.82, 2.24) is 9.80 Å². The molecule has 1 aliphatic rings. The van der Waals surface area contributed by atoms with Gasteiger partial charge in [-0.2, -0.15) is 0 Å². The lowest BCUT2D eigenvalue weighted by Crippen LogP contribution is -2.40. The average Bonchev–Trinajstić information content (AvgIpc) is 2.79. The molecule has 0 bridgehead atoms. The summed E-state index contributed by atoms with van der Waals surface area (Å²) in [5.74, 6) is 0.294. The zero-order valence-corrected chi connectivity index (χ0v) is 10.5. The minimum Gasteiger partial charge on any atom is -0.342 e. The fourth-order valence-electron chi connectivity index (χ4n) is 2.16. The van der Waals surface area contributed by atoms with Crippen LogP contribution in [0.2, 0.25) is 0 Å². The Hall–Kier alpha value is -0.610. The molecule has 4 heteroatoms. The number of nitrogens with zero attached hydrogens (tertiary/aromatic N) is 2. The van der Waals surface area contributed by atoms with Gasteiger partial charge >= 0.3 is 0 Å². The van der Waals surface area contributed by atoms with E-state index < -0.39 is 0 Å². The van der Waals surface area contributed by atoms with Crippen LogP contribution in [0.5, 0.6) is 0 Å². The van der Waals surface area contributed by atoms with Gasteiger partial charge in [-0.3, -0.25) is 9.69 Å². The van der Waals surface area contributed by atoms with Crippen LogP contribution in [0.4, 0.5) is 0 Å². The molecule has 1 amide bonds. The van der Waals surface area contributed by atoms with Crippen molar-refractivity contribution in [3.63, 3.8) is 0 Å². The number of amides is 1. The fraction of sp³-hybridized carbons (Fsp3) is 0.917. The van der Waals surface area contributed by atoms with Gasteiger partial charge in [0.2, 0.25) is 5.91 Å². The quantitative estimate of drug-likeness (QED) is 0.695. The van der Waals surface area contributed by atoms with Crippen molar-refractivity contribution >= 4 is 5.91 Å². The highest BCUT2D eigenvalue weighted by atomic mass is 16.2. The van der Waals surface area contributed by atoms with Crippen LogP contribution in [0.15, 0.2) is 0 Å². The molecule has 16 heavy (non-hydrogen) atoms. The second kappa shape index (κ2) is 7.63. The van der Waals surface area contributed by atoms with Crippen molar-refractivity contribution in [2.24, 2.45) is 5.73 Å². The van der Waals surface area contributed by atoms with Crippen molar-refractivity contribution in [3.8, 4) is 0 Å². The second-order valence-corrected chi connectivity index (χ2v) is 4.51. The predicted molar refractivity (Wildman–Crippen MR) is 66.2 cm³/mol. The van der Waals surface area contributed by atoms with Crippen molar-refractivity contribution in [1.29, 1.82) is 0 Å². The Labute approximate surface area is 98.8 Å². The van der Waals surface area contributed by atoms with E-state index in [1.165, 1.54) is 12.8 Å². The van der Waals surface area contributed by atoms with Crippen LogP contribution >= 0.6 is 0 Å². The standard InChI is InChI=1S/C12H25N3O/c1-2-7-14(8-5-6-13)11-12(16)15-9-3-4-10-15/h2-11,13H2,1H3. The number of carbonyl (C=O) groups excluding carboxylic acids is 1. The first-order valence-electron chi connectivity index (χ1n) is 6.48. The summed E-state index contributed by atoms with van der Waals surface area (Å²) in [6.07, 6.45) is 4.41. The molecular weight excluding hydrogens is 202 g/mol. The molecule has 2 N–H and O–H groups in total. The first-order chi connectivity index (χ1) is 7.77. The van der Waals surface area contributed by atoms with Crippen LogP contribution in [0.25, 0.3) is 0 Å². The van der Waals surface area contributed by atoms with Crippen LogP contribution in [-0.2, 0) is 4.79 Å². The van der Waals surface area contributed by atoms with Gasteiger partial charge in [-0.25, -0.2) is 0 Å². The summed E-state index contributed by atoms with van der Waals surface area (Å²) in [4.78, 5) is 16.2. The number of rotatable bonds is 7. The topological polar surface area (TPSA) is 49.6 Å². The summed E-state index contributed by atoms with van der Waals surface area (Å²) in [6.45, 7) is 7.29. The van der Waals surface area contributed by atoms with Crippen molar-refractivity contribution in [2.75, 3.05) is 39.3 Å². The Morgan fingerprint density at radius 1 is 1.31 bits per heavy atom. The third-order valence-corrected chi connectivity index (χ3v) is 3.04. The van der Waals surface area contributed by atoms with Gasteiger partial charge in [0.15, 0.2) is 0 Å². The number of hydrogen-bond donors (Lipinski definition) is 1. The van der Waals surface area contributed by atoms with E-state index in [1.54, 1.807) is 0 Å². The summed E-state index contributed by atoms with van der Waals surface area (Å²) in [7, 11) is 0. The largest absolute Gasteiger partial charge is 0.342 e. The average molecular weight is 227 g/mol. The van der Waals surface area contributed by atoms with E-state index in [0.29, 0.717) is 19.0 Å². The molecule has 4 nitrogen and oxygen atoms in total. The Morgan fingerprint density at radius 2 is 2.00 bits per heavy atom. The van der Waals surface area contributed by atoms with Crippen molar-refractivity contribution in [3.05, 3.63) is 0 Å². The third-order valence-electron chi connectivity index (χ3n) is 3.04.